The summed E-state index contributed by atoms with van der Waals surface area (Å²) in [4.78, 5) is 81.1. The van der Waals surface area contributed by atoms with E-state index in [1.165, 1.54) is 11.1 Å². The molecule has 5 heterocycles. The highest BCUT2D eigenvalue weighted by molar-refractivity contribution is 7.28. The molecule has 13 nitrogen and oxygen atoms in total. The second-order valence-electron chi connectivity index (χ2n) is 15.5. The normalized spacial score (nSPS) is 20.3. The van der Waals surface area contributed by atoms with Gasteiger partial charge in [-0.2, -0.15) is 0 Å². The van der Waals surface area contributed by atoms with Crippen LogP contribution in [0.5, 0.6) is 11.5 Å². The van der Waals surface area contributed by atoms with Crippen molar-refractivity contribution in [3.63, 3.8) is 0 Å². The molecule has 15 heteroatoms. The Hall–Kier alpha value is -5.95. The number of hydrogen-bond donors (Lipinski definition) is 0. The number of benzene rings is 3. The summed E-state index contributed by atoms with van der Waals surface area (Å²) in [5, 5.41) is 2.00. The van der Waals surface area contributed by atoms with E-state index in [1.807, 2.05) is 66.4 Å². The van der Waals surface area contributed by atoms with Crippen LogP contribution in [0, 0.1) is 11.8 Å². The maximum absolute atomic E-state index is 13.6. The highest BCUT2D eigenvalue weighted by atomic mass is 31.0. The van der Waals surface area contributed by atoms with Gasteiger partial charge in [-0.15, -0.1) is 23.5 Å². The molecule has 0 spiro atoms. The number of imide groups is 1. The number of nitrogens with zero attached hydrogens (tertiary/aromatic N) is 5. The SMILES string of the molecule is C/C=C1\CC2C=Nc3cc(OCc4cc(C#CCCCC(=O)ON5C(=O)CCC5=O)cc(COc5cc6c(cc5P)C(=O)N5C/C(=C/C)C[C@H]5C=N6)c4)c(P)cc3C(=O)N2C1. The van der Waals surface area contributed by atoms with Gasteiger partial charge in [0.15, 0.2) is 0 Å². The summed E-state index contributed by atoms with van der Waals surface area (Å²) in [7, 11) is 5.34. The molecule has 3 saturated heterocycles. The number of hydroxylamine groups is 2. The molecule has 4 amide bonds. The molecule has 0 aliphatic carbocycles. The maximum atomic E-state index is 13.6. The Morgan fingerprint density at radius 2 is 1.26 bits per heavy atom. The lowest BCUT2D eigenvalue weighted by atomic mass is 10.1. The first-order chi connectivity index (χ1) is 29.5. The molecule has 3 unspecified atom stereocenters. The monoisotopic (exact) mass is 857 g/mol. The standard InChI is InChI=1S/C46H45N5O8P2/c1-3-27-15-32-21-47-36-19-38(40(60)17-34(36)45(55)49(32)23-27)57-25-30-12-29(8-6-5-7-9-44(54)59-51-42(52)10-11-43(51)53)13-31(14-30)26-58-39-20-37-35(18-41(39)61)46(56)50-24-28(4-2)16-33(50)22-48-37/h3-4,12-14,17-22,32-33H,5,7,9-11,15-16,23-26,60-61H2,1-2H3/b27-3+,28-4+/t32-,33?/m0/s1. The van der Waals surface area contributed by atoms with Crippen LogP contribution in [0.4, 0.5) is 11.4 Å². The quantitative estimate of drug-likeness (QED) is 0.0827. The van der Waals surface area contributed by atoms with Crippen LogP contribution in [-0.4, -0.2) is 82.1 Å². The van der Waals surface area contributed by atoms with Crippen LogP contribution in [0.1, 0.15) is 96.2 Å². The van der Waals surface area contributed by atoms with Crippen LogP contribution in [0.3, 0.4) is 0 Å². The fourth-order valence-electron chi connectivity index (χ4n) is 7.92. The Labute approximate surface area is 358 Å². The number of allylic oxidation sites excluding steroid dienone is 2. The van der Waals surface area contributed by atoms with Gasteiger partial charge in [0.05, 0.1) is 34.6 Å². The molecule has 4 atom stereocenters. The van der Waals surface area contributed by atoms with E-state index in [9.17, 15) is 24.0 Å². The van der Waals surface area contributed by atoms with Crippen molar-refractivity contribution in [1.82, 2.24) is 14.9 Å². The number of ether oxygens (including phenoxy) is 2. The highest BCUT2D eigenvalue weighted by Crippen LogP contribution is 2.35. The van der Waals surface area contributed by atoms with Crippen molar-refractivity contribution in [3.05, 3.63) is 93.6 Å². The van der Waals surface area contributed by atoms with Gasteiger partial charge in [0.1, 0.15) is 24.7 Å². The Morgan fingerprint density at radius 1 is 0.754 bits per heavy atom. The van der Waals surface area contributed by atoms with Crippen LogP contribution < -0.4 is 20.1 Å². The smallest absolute Gasteiger partial charge is 0.333 e. The van der Waals surface area contributed by atoms with Crippen molar-refractivity contribution in [2.45, 2.75) is 84.1 Å². The number of rotatable bonds is 10. The summed E-state index contributed by atoms with van der Waals surface area (Å²) >= 11 is 0. The number of amides is 4. The van der Waals surface area contributed by atoms with E-state index in [0.29, 0.717) is 70.6 Å². The van der Waals surface area contributed by atoms with Crippen LogP contribution in [0.15, 0.2) is 75.7 Å². The number of aliphatic imine (C=N–C) groups is 2. The average Bonchev–Trinajstić information content (AvgIpc) is 3.92. The molecular formula is C46H45N5O8P2. The molecule has 3 aromatic rings. The third-order valence-electron chi connectivity index (χ3n) is 11.3. The van der Waals surface area contributed by atoms with E-state index in [0.717, 1.165) is 34.6 Å². The summed E-state index contributed by atoms with van der Waals surface area (Å²) in [6.07, 6.45) is 10.1. The lowest BCUT2D eigenvalue weighted by Crippen LogP contribution is -2.35. The number of fused-ring (bicyclic) bond motifs is 4. The lowest BCUT2D eigenvalue weighted by Gasteiger charge is -2.20. The zero-order valence-corrected chi connectivity index (χ0v) is 36.2. The van der Waals surface area contributed by atoms with Gasteiger partial charge >= 0.3 is 5.97 Å². The molecular weight excluding hydrogens is 812 g/mol. The van der Waals surface area contributed by atoms with Crippen LogP contribution in [0.2, 0.25) is 0 Å². The van der Waals surface area contributed by atoms with Crippen molar-refractivity contribution in [1.29, 1.82) is 0 Å². The number of carbonyl (C=O) groups excluding carboxylic acids is 5. The van der Waals surface area contributed by atoms with E-state index < -0.39 is 17.8 Å². The molecule has 5 aliphatic heterocycles. The number of carbonyl (C=O) groups is 5. The van der Waals surface area contributed by atoms with Gasteiger partial charge in [0.2, 0.25) is 0 Å². The largest absolute Gasteiger partial charge is 0.488 e. The van der Waals surface area contributed by atoms with Gasteiger partial charge in [-0.05, 0) is 74.6 Å². The van der Waals surface area contributed by atoms with Crippen molar-refractivity contribution < 1.29 is 38.3 Å². The lowest BCUT2D eigenvalue weighted by molar-refractivity contribution is -0.197. The molecule has 0 saturated carbocycles. The molecule has 8 rings (SSSR count). The first kappa shape index (κ1) is 41.8. The molecule has 0 radical (unpaired) electrons. The fourth-order valence-corrected chi connectivity index (χ4v) is 8.59. The third-order valence-corrected chi connectivity index (χ3v) is 12.2. The summed E-state index contributed by atoms with van der Waals surface area (Å²) in [5.41, 5.74) is 6.93. The Kier molecular flexibility index (Phi) is 12.3. The summed E-state index contributed by atoms with van der Waals surface area (Å²) in [5.74, 6) is 5.63. The van der Waals surface area contributed by atoms with Crippen molar-refractivity contribution in [3.8, 4) is 23.3 Å². The summed E-state index contributed by atoms with van der Waals surface area (Å²) in [6, 6.07) is 12.9. The zero-order valence-electron chi connectivity index (χ0n) is 33.9. The molecule has 0 N–H and O–H groups in total. The van der Waals surface area contributed by atoms with E-state index in [2.05, 4.69) is 42.5 Å². The topological polar surface area (TPSA) is 147 Å². The first-order valence-electron chi connectivity index (χ1n) is 20.3. The van der Waals surface area contributed by atoms with Crippen molar-refractivity contribution in [2.75, 3.05) is 13.1 Å². The predicted octanol–water partition coefficient (Wildman–Crippen LogP) is 5.73. The van der Waals surface area contributed by atoms with Gasteiger partial charge in [0, 0.05) is 79.5 Å². The minimum absolute atomic E-state index is 0.00863. The summed E-state index contributed by atoms with van der Waals surface area (Å²) < 4.78 is 12.7. The van der Waals surface area contributed by atoms with Gasteiger partial charge < -0.3 is 24.1 Å². The van der Waals surface area contributed by atoms with Gasteiger partial charge in [-0.1, -0.05) is 35.1 Å². The Balaban J connectivity index is 0.992. The Morgan fingerprint density at radius 3 is 1.75 bits per heavy atom. The molecule has 0 aromatic heterocycles. The second-order valence-corrected chi connectivity index (χ2v) is 16.7. The third kappa shape index (κ3) is 9.07. The van der Waals surface area contributed by atoms with Gasteiger partial charge in [0.25, 0.3) is 23.6 Å². The van der Waals surface area contributed by atoms with Crippen molar-refractivity contribution in [2.24, 2.45) is 9.98 Å². The first-order valence-corrected chi connectivity index (χ1v) is 21.4. The molecule has 61 heavy (non-hydrogen) atoms. The highest BCUT2D eigenvalue weighted by Gasteiger charge is 2.36. The Bertz CT molecular complexity index is 2400. The van der Waals surface area contributed by atoms with E-state index in [-0.39, 0.29) is 56.4 Å². The van der Waals surface area contributed by atoms with Crippen LogP contribution in [-0.2, 0) is 32.4 Å². The van der Waals surface area contributed by atoms with Crippen LogP contribution >= 0.6 is 18.5 Å². The number of unbranched alkanes of at least 4 members (excludes halogenated alkanes) is 1. The average molecular weight is 858 g/mol. The van der Waals surface area contributed by atoms with E-state index >= 15 is 0 Å². The molecule has 312 valence electrons. The van der Waals surface area contributed by atoms with E-state index in [1.54, 1.807) is 12.1 Å². The second kappa shape index (κ2) is 18.0. The van der Waals surface area contributed by atoms with Gasteiger partial charge in [-0.25, -0.2) is 4.79 Å². The predicted molar refractivity (Wildman–Crippen MR) is 237 cm³/mol. The zero-order chi connectivity index (χ0) is 42.8. The fraction of sp³-hybridized carbons (Fsp3) is 0.326. The number of hydrogen-bond acceptors (Lipinski definition) is 10. The molecule has 0 bridgehead atoms. The molecule has 5 aliphatic rings. The molecule has 3 aromatic carbocycles. The molecule has 3 fully saturated rings. The summed E-state index contributed by atoms with van der Waals surface area (Å²) in [6.45, 7) is 5.52. The maximum Gasteiger partial charge on any atom is 0.333 e. The van der Waals surface area contributed by atoms with Crippen molar-refractivity contribution >= 4 is 82.5 Å². The minimum Gasteiger partial charge on any atom is -0.488 e. The minimum atomic E-state index is -0.669. The van der Waals surface area contributed by atoms with E-state index in [4.69, 9.17) is 24.3 Å². The van der Waals surface area contributed by atoms with Gasteiger partial charge in [-0.3, -0.25) is 29.2 Å². The van der Waals surface area contributed by atoms with Crippen LogP contribution in [0.25, 0.3) is 0 Å².